The van der Waals surface area contributed by atoms with Gasteiger partial charge in [-0.15, -0.1) is 0 Å². The van der Waals surface area contributed by atoms with E-state index in [-0.39, 0.29) is 16.5 Å². The molecular formula is C14H12ClF2NO. The van der Waals surface area contributed by atoms with Gasteiger partial charge >= 0.3 is 0 Å². The molecule has 2 N–H and O–H groups in total. The van der Waals surface area contributed by atoms with Gasteiger partial charge in [-0.3, -0.25) is 0 Å². The summed E-state index contributed by atoms with van der Waals surface area (Å²) in [4.78, 5) is 0. The second kappa shape index (κ2) is 5.45. The first kappa shape index (κ1) is 13.6. The molecule has 1 unspecified atom stereocenters. The van der Waals surface area contributed by atoms with Crippen molar-refractivity contribution in [2.75, 3.05) is 5.32 Å². The Kier molecular flexibility index (Phi) is 3.90. The molecular weight excluding hydrogens is 272 g/mol. The van der Waals surface area contributed by atoms with Crippen molar-refractivity contribution >= 4 is 17.3 Å². The highest BCUT2D eigenvalue weighted by atomic mass is 35.5. The van der Waals surface area contributed by atoms with Crippen molar-refractivity contribution in [1.29, 1.82) is 0 Å². The maximum Gasteiger partial charge on any atom is 0.147 e. The second-order valence-electron chi connectivity index (χ2n) is 4.17. The lowest BCUT2D eigenvalue weighted by Crippen LogP contribution is -2.10. The Hall–Kier alpha value is -1.81. The van der Waals surface area contributed by atoms with Crippen molar-refractivity contribution in [1.82, 2.24) is 0 Å². The minimum atomic E-state index is -0.563. The number of phenols is 1. The molecule has 0 saturated heterocycles. The number of anilines is 1. The zero-order valence-corrected chi connectivity index (χ0v) is 10.9. The smallest absolute Gasteiger partial charge is 0.147 e. The molecule has 0 aliphatic heterocycles. The normalized spacial score (nSPS) is 12.2. The van der Waals surface area contributed by atoms with Crippen molar-refractivity contribution in [2.45, 2.75) is 13.0 Å². The van der Waals surface area contributed by atoms with Gasteiger partial charge < -0.3 is 10.4 Å². The molecule has 0 aliphatic carbocycles. The van der Waals surface area contributed by atoms with E-state index >= 15 is 0 Å². The second-order valence-corrected chi connectivity index (χ2v) is 4.58. The first-order valence-corrected chi connectivity index (χ1v) is 6.06. The van der Waals surface area contributed by atoms with E-state index in [2.05, 4.69) is 5.32 Å². The fourth-order valence-electron chi connectivity index (χ4n) is 1.80. The van der Waals surface area contributed by atoms with E-state index in [1.807, 2.05) is 0 Å². The molecule has 0 fully saturated rings. The number of rotatable bonds is 3. The largest absolute Gasteiger partial charge is 0.508 e. The Morgan fingerprint density at radius 2 is 1.89 bits per heavy atom. The summed E-state index contributed by atoms with van der Waals surface area (Å²) in [6.07, 6.45) is 0. The van der Waals surface area contributed by atoms with Gasteiger partial charge in [0, 0.05) is 11.6 Å². The molecule has 100 valence electrons. The summed E-state index contributed by atoms with van der Waals surface area (Å²) in [5, 5.41) is 12.2. The van der Waals surface area contributed by atoms with Crippen molar-refractivity contribution in [3.8, 4) is 5.75 Å². The van der Waals surface area contributed by atoms with Crippen LogP contribution in [0.5, 0.6) is 5.75 Å². The first-order chi connectivity index (χ1) is 8.99. The van der Waals surface area contributed by atoms with Crippen LogP contribution in [-0.2, 0) is 0 Å². The molecule has 0 spiro atoms. The maximum atomic E-state index is 13.7. The summed E-state index contributed by atoms with van der Waals surface area (Å²) in [6.45, 7) is 1.68. The van der Waals surface area contributed by atoms with Gasteiger partial charge in [0.15, 0.2) is 0 Å². The van der Waals surface area contributed by atoms with Gasteiger partial charge in [0.25, 0.3) is 0 Å². The highest BCUT2D eigenvalue weighted by Gasteiger charge is 2.15. The van der Waals surface area contributed by atoms with Crippen molar-refractivity contribution in [3.05, 3.63) is 58.6 Å². The number of benzene rings is 2. The highest BCUT2D eigenvalue weighted by Crippen LogP contribution is 2.30. The Labute approximate surface area is 114 Å². The van der Waals surface area contributed by atoms with Crippen LogP contribution >= 0.6 is 11.6 Å². The molecule has 0 bridgehead atoms. The van der Waals surface area contributed by atoms with Gasteiger partial charge in [0.1, 0.15) is 17.4 Å². The molecule has 0 amide bonds. The van der Waals surface area contributed by atoms with E-state index in [0.29, 0.717) is 5.56 Å². The zero-order chi connectivity index (χ0) is 14.0. The summed E-state index contributed by atoms with van der Waals surface area (Å²) in [5.41, 5.74) is 0.446. The van der Waals surface area contributed by atoms with E-state index in [1.165, 1.54) is 24.3 Å². The number of halogens is 3. The number of para-hydroxylation sites is 1. The quantitative estimate of drug-likeness (QED) is 0.869. The number of aromatic hydroxyl groups is 1. The number of hydrogen-bond acceptors (Lipinski definition) is 2. The maximum absolute atomic E-state index is 13.7. The summed E-state index contributed by atoms with van der Waals surface area (Å²) >= 11 is 5.89. The van der Waals surface area contributed by atoms with Crippen LogP contribution in [0.3, 0.4) is 0 Å². The predicted octanol–water partition coefficient (Wildman–Crippen LogP) is 4.50. The van der Waals surface area contributed by atoms with Crippen LogP contribution < -0.4 is 5.32 Å². The Morgan fingerprint density at radius 1 is 1.16 bits per heavy atom. The molecule has 5 heteroatoms. The lowest BCUT2D eigenvalue weighted by Gasteiger charge is -2.18. The minimum Gasteiger partial charge on any atom is -0.508 e. The molecule has 0 heterocycles. The number of hydrogen-bond donors (Lipinski definition) is 2. The topological polar surface area (TPSA) is 32.3 Å². The molecule has 0 aliphatic rings. The van der Waals surface area contributed by atoms with E-state index in [9.17, 15) is 8.78 Å². The van der Waals surface area contributed by atoms with Gasteiger partial charge in [0.05, 0.1) is 16.8 Å². The molecule has 2 aromatic carbocycles. The fraction of sp³-hybridized carbons (Fsp3) is 0.143. The van der Waals surface area contributed by atoms with Crippen LogP contribution in [0.2, 0.25) is 5.02 Å². The number of nitrogens with one attached hydrogen (secondary N) is 1. The molecule has 0 aromatic heterocycles. The van der Waals surface area contributed by atoms with Gasteiger partial charge in [-0.1, -0.05) is 23.7 Å². The van der Waals surface area contributed by atoms with Gasteiger partial charge in [-0.05, 0) is 25.1 Å². The van der Waals surface area contributed by atoms with E-state index in [4.69, 9.17) is 16.7 Å². The van der Waals surface area contributed by atoms with E-state index in [1.54, 1.807) is 13.0 Å². The van der Waals surface area contributed by atoms with Crippen LogP contribution in [0.4, 0.5) is 14.5 Å². The van der Waals surface area contributed by atoms with Crippen LogP contribution in [0, 0.1) is 11.6 Å². The van der Waals surface area contributed by atoms with Crippen molar-refractivity contribution in [3.63, 3.8) is 0 Å². The Balaban J connectivity index is 2.28. The average molecular weight is 284 g/mol. The summed E-state index contributed by atoms with van der Waals surface area (Å²) in [5.74, 6) is -1.22. The summed E-state index contributed by atoms with van der Waals surface area (Å²) in [6, 6.07) is 7.65. The lowest BCUT2D eigenvalue weighted by molar-refractivity contribution is 0.467. The van der Waals surface area contributed by atoms with E-state index < -0.39 is 17.7 Å². The van der Waals surface area contributed by atoms with E-state index in [0.717, 1.165) is 6.07 Å². The minimum absolute atomic E-state index is 0.129. The monoisotopic (exact) mass is 283 g/mol. The van der Waals surface area contributed by atoms with Gasteiger partial charge in [0.2, 0.25) is 0 Å². The molecule has 0 saturated carbocycles. The molecule has 2 nitrogen and oxygen atoms in total. The fourth-order valence-corrected chi connectivity index (χ4v) is 2.01. The third-order valence-electron chi connectivity index (χ3n) is 2.77. The Bertz CT molecular complexity index is 584. The van der Waals surface area contributed by atoms with Crippen molar-refractivity contribution in [2.24, 2.45) is 0 Å². The van der Waals surface area contributed by atoms with Crippen molar-refractivity contribution < 1.29 is 13.9 Å². The Morgan fingerprint density at radius 3 is 2.53 bits per heavy atom. The molecule has 2 rings (SSSR count). The summed E-state index contributed by atoms with van der Waals surface area (Å²) in [7, 11) is 0. The third-order valence-corrected chi connectivity index (χ3v) is 3.09. The first-order valence-electron chi connectivity index (χ1n) is 5.68. The molecule has 1 atom stereocenters. The van der Waals surface area contributed by atoms with Gasteiger partial charge in [-0.2, -0.15) is 0 Å². The lowest BCUT2D eigenvalue weighted by atomic mass is 10.1. The average Bonchev–Trinajstić information content (AvgIpc) is 2.33. The summed E-state index contributed by atoms with van der Waals surface area (Å²) < 4.78 is 27.3. The standard InChI is InChI=1S/C14H12ClF2NO/c1-8(10-6-5-9(19)7-13(10)17)18-14-11(15)3-2-4-12(14)16/h2-8,18-19H,1H3. The van der Waals surface area contributed by atoms with Crippen LogP contribution in [0.15, 0.2) is 36.4 Å². The highest BCUT2D eigenvalue weighted by molar-refractivity contribution is 6.33. The SMILES string of the molecule is CC(Nc1c(F)cccc1Cl)c1ccc(O)cc1F. The van der Waals surface area contributed by atoms with Crippen LogP contribution in [0.25, 0.3) is 0 Å². The molecule has 2 aromatic rings. The molecule has 19 heavy (non-hydrogen) atoms. The predicted molar refractivity (Wildman–Crippen MR) is 71.5 cm³/mol. The third kappa shape index (κ3) is 2.96. The van der Waals surface area contributed by atoms with Crippen LogP contribution in [0.1, 0.15) is 18.5 Å². The number of phenolic OH excluding ortho intramolecular Hbond substituents is 1. The van der Waals surface area contributed by atoms with Gasteiger partial charge in [-0.25, -0.2) is 8.78 Å². The molecule has 0 radical (unpaired) electrons. The van der Waals surface area contributed by atoms with Crippen LogP contribution in [-0.4, -0.2) is 5.11 Å². The zero-order valence-electron chi connectivity index (χ0n) is 10.1.